The number of thiocarbonyl (C=S) groups is 1. The molecule has 0 saturated carbocycles. The van der Waals surface area contributed by atoms with Gasteiger partial charge in [0.05, 0.1) is 11.5 Å². The molecule has 0 spiro atoms. The first kappa shape index (κ1) is 19.1. The van der Waals surface area contributed by atoms with Crippen LogP contribution in [0.2, 0.25) is 0 Å². The molecule has 1 heterocycles. The Balaban J connectivity index is 2.05. The lowest BCUT2D eigenvalue weighted by Gasteiger charge is -2.31. The van der Waals surface area contributed by atoms with Gasteiger partial charge in [0.2, 0.25) is 0 Å². The van der Waals surface area contributed by atoms with Gasteiger partial charge in [-0.25, -0.2) is 8.42 Å². The van der Waals surface area contributed by atoms with Crippen LogP contribution in [0, 0.1) is 0 Å². The van der Waals surface area contributed by atoms with Gasteiger partial charge in [0.25, 0.3) is 0 Å². The Hall–Kier alpha value is -1.18. The largest absolute Gasteiger partial charge is 0.385 e. The minimum absolute atomic E-state index is 0.0539. The average Bonchev–Trinajstić information content (AvgIpc) is 2.92. The van der Waals surface area contributed by atoms with E-state index in [1.165, 1.54) is 5.56 Å². The molecule has 1 fully saturated rings. The van der Waals surface area contributed by atoms with Gasteiger partial charge >= 0.3 is 0 Å². The molecule has 0 bridgehead atoms. The Kier molecular flexibility index (Phi) is 7.01. The molecule has 1 aliphatic rings. The fraction of sp³-hybridized carbons (Fsp3) is 0.588. The van der Waals surface area contributed by atoms with Gasteiger partial charge in [-0.3, -0.25) is 0 Å². The Morgan fingerprint density at radius 3 is 2.62 bits per heavy atom. The van der Waals surface area contributed by atoms with E-state index in [0.717, 1.165) is 18.5 Å². The highest BCUT2D eigenvalue weighted by molar-refractivity contribution is 7.91. The third-order valence-electron chi connectivity index (χ3n) is 4.27. The van der Waals surface area contributed by atoms with Crippen LogP contribution in [0.1, 0.15) is 25.3 Å². The number of nitrogens with one attached hydrogen (secondary N) is 1. The third kappa shape index (κ3) is 5.43. The normalized spacial score (nSPS) is 19.2. The number of sulfone groups is 1. The Bertz CT molecular complexity index is 644. The lowest BCUT2D eigenvalue weighted by Crippen LogP contribution is -2.44. The van der Waals surface area contributed by atoms with E-state index in [1.54, 1.807) is 7.11 Å². The molecule has 1 N–H and O–H groups in total. The quantitative estimate of drug-likeness (QED) is 0.588. The number of rotatable bonds is 7. The van der Waals surface area contributed by atoms with Crippen molar-refractivity contribution in [3.63, 3.8) is 0 Å². The maximum atomic E-state index is 11.8. The molecule has 0 amide bonds. The number of hydrogen-bond donors (Lipinski definition) is 1. The molecule has 0 aliphatic carbocycles. The summed E-state index contributed by atoms with van der Waals surface area (Å²) in [6, 6.07) is 8.09. The van der Waals surface area contributed by atoms with Crippen LogP contribution in [0.5, 0.6) is 0 Å². The first-order chi connectivity index (χ1) is 11.4. The van der Waals surface area contributed by atoms with E-state index in [1.807, 2.05) is 17.0 Å². The number of ether oxygens (including phenoxy) is 1. The Morgan fingerprint density at radius 2 is 2.08 bits per heavy atom. The zero-order valence-electron chi connectivity index (χ0n) is 14.3. The van der Waals surface area contributed by atoms with Gasteiger partial charge in [-0.1, -0.05) is 19.1 Å². The minimum Gasteiger partial charge on any atom is -0.385 e. The minimum atomic E-state index is -2.95. The fourth-order valence-corrected chi connectivity index (χ4v) is 4.96. The molecule has 134 valence electrons. The molecule has 0 radical (unpaired) electrons. The highest BCUT2D eigenvalue weighted by Crippen LogP contribution is 2.20. The van der Waals surface area contributed by atoms with E-state index in [-0.39, 0.29) is 17.5 Å². The molecule has 1 atom stereocenters. The maximum Gasteiger partial charge on any atom is 0.173 e. The van der Waals surface area contributed by atoms with Crippen molar-refractivity contribution in [2.24, 2.45) is 0 Å². The van der Waals surface area contributed by atoms with Gasteiger partial charge in [0.15, 0.2) is 14.9 Å². The van der Waals surface area contributed by atoms with Crippen molar-refractivity contribution in [3.8, 4) is 0 Å². The van der Waals surface area contributed by atoms with E-state index in [0.29, 0.717) is 24.7 Å². The van der Waals surface area contributed by atoms with E-state index >= 15 is 0 Å². The molecule has 24 heavy (non-hydrogen) atoms. The van der Waals surface area contributed by atoms with Crippen LogP contribution in [-0.4, -0.2) is 56.2 Å². The number of benzene rings is 1. The lowest BCUT2D eigenvalue weighted by molar-refractivity contribution is 0.181. The Morgan fingerprint density at radius 1 is 1.38 bits per heavy atom. The molecule has 1 saturated heterocycles. The molecular formula is C17H26N2O3S2. The van der Waals surface area contributed by atoms with Crippen LogP contribution < -0.4 is 5.32 Å². The zero-order valence-corrected chi connectivity index (χ0v) is 16.0. The van der Waals surface area contributed by atoms with Gasteiger partial charge in [0.1, 0.15) is 0 Å². The number of anilines is 1. The third-order valence-corrected chi connectivity index (χ3v) is 6.36. The molecule has 1 aromatic carbocycles. The van der Waals surface area contributed by atoms with Crippen molar-refractivity contribution < 1.29 is 13.2 Å². The van der Waals surface area contributed by atoms with Crippen LogP contribution in [-0.2, 0) is 21.0 Å². The average molecular weight is 371 g/mol. The summed E-state index contributed by atoms with van der Waals surface area (Å²) in [4.78, 5) is 2.01. The van der Waals surface area contributed by atoms with Crippen molar-refractivity contribution in [1.82, 2.24) is 4.90 Å². The summed E-state index contributed by atoms with van der Waals surface area (Å²) < 4.78 is 28.7. The monoisotopic (exact) mass is 370 g/mol. The fourth-order valence-electron chi connectivity index (χ4n) is 2.87. The van der Waals surface area contributed by atoms with Crippen LogP contribution in [0.15, 0.2) is 24.3 Å². The number of hydrogen-bond acceptors (Lipinski definition) is 4. The van der Waals surface area contributed by atoms with Crippen molar-refractivity contribution >= 4 is 32.9 Å². The summed E-state index contributed by atoms with van der Waals surface area (Å²) in [5, 5.41) is 3.83. The van der Waals surface area contributed by atoms with Crippen molar-refractivity contribution in [2.45, 2.75) is 32.2 Å². The predicted octanol–water partition coefficient (Wildman–Crippen LogP) is 2.47. The molecule has 1 aliphatic heterocycles. The maximum absolute atomic E-state index is 11.8. The highest BCUT2D eigenvalue weighted by atomic mass is 32.2. The van der Waals surface area contributed by atoms with Crippen molar-refractivity contribution in [3.05, 3.63) is 29.8 Å². The summed E-state index contributed by atoms with van der Waals surface area (Å²) in [5.74, 6) is 0.419. The van der Waals surface area contributed by atoms with Crippen LogP contribution in [0.3, 0.4) is 0 Å². The number of nitrogens with zero attached hydrogens (tertiary/aromatic N) is 1. The second kappa shape index (κ2) is 8.78. The molecular weight excluding hydrogens is 344 g/mol. The molecule has 0 aromatic heterocycles. The van der Waals surface area contributed by atoms with Crippen LogP contribution >= 0.6 is 12.2 Å². The summed E-state index contributed by atoms with van der Waals surface area (Å²) in [5.41, 5.74) is 2.19. The summed E-state index contributed by atoms with van der Waals surface area (Å²) in [6.07, 6.45) is 2.43. The van der Waals surface area contributed by atoms with Gasteiger partial charge in [-0.05, 0) is 49.2 Å². The van der Waals surface area contributed by atoms with E-state index in [4.69, 9.17) is 17.0 Å². The summed E-state index contributed by atoms with van der Waals surface area (Å²) in [7, 11) is -1.28. The van der Waals surface area contributed by atoms with E-state index in [9.17, 15) is 8.42 Å². The van der Waals surface area contributed by atoms with Gasteiger partial charge < -0.3 is 15.0 Å². The van der Waals surface area contributed by atoms with Crippen molar-refractivity contribution in [2.75, 3.05) is 37.1 Å². The smallest absolute Gasteiger partial charge is 0.173 e. The predicted molar refractivity (Wildman–Crippen MR) is 102 cm³/mol. The standard InChI is InChI=1S/C17H26N2O3S2/c1-3-14-5-7-15(8-6-14)18-17(23)19(10-4-11-22-2)16-9-12-24(20,21)13-16/h5-8,16H,3-4,9-13H2,1-2H3,(H,18,23)/t16-/m1/s1. The van der Waals surface area contributed by atoms with E-state index < -0.39 is 9.84 Å². The number of aryl methyl sites for hydroxylation is 1. The molecule has 1 aromatic rings. The molecule has 2 rings (SSSR count). The van der Waals surface area contributed by atoms with Crippen LogP contribution in [0.25, 0.3) is 0 Å². The SMILES string of the molecule is CCc1ccc(NC(=S)N(CCCOC)[C@@H]2CCS(=O)(=O)C2)cc1. The van der Waals surface area contributed by atoms with Crippen molar-refractivity contribution in [1.29, 1.82) is 0 Å². The summed E-state index contributed by atoms with van der Waals surface area (Å²) >= 11 is 5.56. The second-order valence-electron chi connectivity index (χ2n) is 6.08. The van der Waals surface area contributed by atoms with Gasteiger partial charge in [-0.15, -0.1) is 0 Å². The second-order valence-corrected chi connectivity index (χ2v) is 8.69. The molecule has 5 nitrogen and oxygen atoms in total. The Labute approximate surface area is 150 Å². The first-order valence-electron chi connectivity index (χ1n) is 8.31. The summed E-state index contributed by atoms with van der Waals surface area (Å²) in [6.45, 7) is 3.43. The van der Waals surface area contributed by atoms with Gasteiger partial charge in [-0.2, -0.15) is 0 Å². The van der Waals surface area contributed by atoms with Gasteiger partial charge in [0, 0.05) is 32.0 Å². The van der Waals surface area contributed by atoms with Crippen LogP contribution in [0.4, 0.5) is 5.69 Å². The molecule has 7 heteroatoms. The zero-order chi connectivity index (χ0) is 17.6. The topological polar surface area (TPSA) is 58.6 Å². The first-order valence-corrected chi connectivity index (χ1v) is 10.5. The number of methoxy groups -OCH3 is 1. The lowest BCUT2D eigenvalue weighted by atomic mass is 10.1. The highest BCUT2D eigenvalue weighted by Gasteiger charge is 2.33. The molecule has 0 unspecified atom stereocenters. The van der Waals surface area contributed by atoms with E-state index in [2.05, 4.69) is 24.4 Å².